The SMILES string of the molecule is COC(=O)c1csc(NC(=O)NCCN2CCC(C)CC2)c1. The van der Waals surface area contributed by atoms with Crippen molar-refractivity contribution < 1.29 is 14.3 Å². The molecule has 1 aromatic heterocycles. The summed E-state index contributed by atoms with van der Waals surface area (Å²) >= 11 is 1.30. The monoisotopic (exact) mass is 325 g/mol. The fraction of sp³-hybridized carbons (Fsp3) is 0.600. The van der Waals surface area contributed by atoms with Crippen LogP contribution in [-0.2, 0) is 4.74 Å². The first-order chi connectivity index (χ1) is 10.6. The Bertz CT molecular complexity index is 510. The predicted molar refractivity (Wildman–Crippen MR) is 87.5 cm³/mol. The molecule has 0 spiro atoms. The lowest BCUT2D eigenvalue weighted by Gasteiger charge is -2.30. The highest BCUT2D eigenvalue weighted by molar-refractivity contribution is 7.14. The summed E-state index contributed by atoms with van der Waals surface area (Å²) < 4.78 is 4.63. The van der Waals surface area contributed by atoms with E-state index < -0.39 is 5.97 Å². The fourth-order valence-corrected chi connectivity index (χ4v) is 3.16. The average Bonchev–Trinajstić information content (AvgIpc) is 2.97. The lowest BCUT2D eigenvalue weighted by molar-refractivity contribution is 0.0601. The number of methoxy groups -OCH3 is 1. The van der Waals surface area contributed by atoms with Crippen molar-refractivity contribution in [1.82, 2.24) is 10.2 Å². The number of hydrogen-bond donors (Lipinski definition) is 2. The van der Waals surface area contributed by atoms with E-state index in [0.717, 1.165) is 25.6 Å². The molecule has 2 amide bonds. The van der Waals surface area contributed by atoms with Crippen LogP contribution in [0.15, 0.2) is 11.4 Å². The maximum absolute atomic E-state index is 11.8. The second-order valence-electron chi connectivity index (χ2n) is 5.60. The number of carbonyl (C=O) groups is 2. The van der Waals surface area contributed by atoms with Crippen molar-refractivity contribution in [3.05, 3.63) is 17.0 Å². The van der Waals surface area contributed by atoms with Crippen molar-refractivity contribution in [1.29, 1.82) is 0 Å². The summed E-state index contributed by atoms with van der Waals surface area (Å²) in [5.74, 6) is 0.416. The van der Waals surface area contributed by atoms with E-state index in [4.69, 9.17) is 0 Å². The van der Waals surface area contributed by atoms with Crippen LogP contribution in [0, 0.1) is 5.92 Å². The molecular weight excluding hydrogens is 302 g/mol. The topological polar surface area (TPSA) is 70.7 Å². The molecule has 0 bridgehead atoms. The van der Waals surface area contributed by atoms with E-state index in [9.17, 15) is 9.59 Å². The number of anilines is 1. The van der Waals surface area contributed by atoms with Crippen LogP contribution in [0.2, 0.25) is 0 Å². The van der Waals surface area contributed by atoms with Gasteiger partial charge in [-0.3, -0.25) is 5.32 Å². The summed E-state index contributed by atoms with van der Waals surface area (Å²) in [5.41, 5.74) is 0.449. The van der Waals surface area contributed by atoms with E-state index in [2.05, 4.69) is 27.2 Å². The van der Waals surface area contributed by atoms with E-state index in [1.807, 2.05) is 0 Å². The summed E-state index contributed by atoms with van der Waals surface area (Å²) in [6.45, 7) is 6.00. The number of nitrogens with zero attached hydrogens (tertiary/aromatic N) is 1. The van der Waals surface area contributed by atoms with Crippen LogP contribution in [0.25, 0.3) is 0 Å². The van der Waals surface area contributed by atoms with Crippen molar-refractivity contribution in [2.75, 3.05) is 38.6 Å². The Morgan fingerprint density at radius 1 is 1.41 bits per heavy atom. The molecule has 1 aliphatic heterocycles. The lowest BCUT2D eigenvalue weighted by atomic mass is 9.99. The summed E-state index contributed by atoms with van der Waals surface area (Å²) in [5, 5.41) is 7.86. The number of hydrogen-bond acceptors (Lipinski definition) is 5. The Labute approximate surface area is 134 Å². The van der Waals surface area contributed by atoms with Crippen molar-refractivity contribution in [2.45, 2.75) is 19.8 Å². The first-order valence-corrected chi connectivity index (χ1v) is 8.40. The minimum Gasteiger partial charge on any atom is -0.465 e. The molecule has 0 radical (unpaired) electrons. The smallest absolute Gasteiger partial charge is 0.338 e. The van der Waals surface area contributed by atoms with Gasteiger partial charge in [0.2, 0.25) is 0 Å². The first kappa shape index (κ1) is 16.8. The minimum atomic E-state index is -0.399. The molecule has 0 unspecified atom stereocenters. The van der Waals surface area contributed by atoms with E-state index in [0.29, 0.717) is 17.1 Å². The molecule has 1 fully saturated rings. The molecule has 7 heteroatoms. The third kappa shape index (κ3) is 4.99. The van der Waals surface area contributed by atoms with Gasteiger partial charge in [0.15, 0.2) is 0 Å². The zero-order chi connectivity index (χ0) is 15.9. The summed E-state index contributed by atoms with van der Waals surface area (Å²) in [7, 11) is 1.33. The highest BCUT2D eigenvalue weighted by Crippen LogP contribution is 2.20. The number of esters is 1. The molecule has 0 atom stereocenters. The van der Waals surface area contributed by atoms with Gasteiger partial charge in [-0.15, -0.1) is 11.3 Å². The molecule has 122 valence electrons. The second-order valence-corrected chi connectivity index (χ2v) is 6.51. The van der Waals surface area contributed by atoms with Crippen LogP contribution in [0.5, 0.6) is 0 Å². The molecule has 22 heavy (non-hydrogen) atoms. The molecule has 1 saturated heterocycles. The number of nitrogens with one attached hydrogen (secondary N) is 2. The van der Waals surface area contributed by atoms with E-state index in [1.165, 1.54) is 31.3 Å². The van der Waals surface area contributed by atoms with Gasteiger partial charge in [-0.1, -0.05) is 6.92 Å². The molecule has 2 heterocycles. The van der Waals surface area contributed by atoms with Crippen LogP contribution < -0.4 is 10.6 Å². The van der Waals surface area contributed by atoms with Crippen molar-refractivity contribution >= 4 is 28.3 Å². The third-order valence-corrected chi connectivity index (χ3v) is 4.69. The number of urea groups is 1. The number of amides is 2. The van der Waals surface area contributed by atoms with Gasteiger partial charge >= 0.3 is 12.0 Å². The quantitative estimate of drug-likeness (QED) is 0.816. The van der Waals surface area contributed by atoms with Gasteiger partial charge in [0.25, 0.3) is 0 Å². The first-order valence-electron chi connectivity index (χ1n) is 7.52. The number of rotatable bonds is 5. The fourth-order valence-electron chi connectivity index (χ4n) is 2.40. The Balaban J connectivity index is 1.67. The molecule has 2 N–H and O–H groups in total. The van der Waals surface area contributed by atoms with Crippen molar-refractivity contribution in [3.63, 3.8) is 0 Å². The van der Waals surface area contributed by atoms with Crippen molar-refractivity contribution in [3.8, 4) is 0 Å². The summed E-state index contributed by atoms with van der Waals surface area (Å²) in [6, 6.07) is 1.37. The normalized spacial score (nSPS) is 16.3. The Morgan fingerprint density at radius 2 is 2.14 bits per heavy atom. The van der Waals surface area contributed by atoms with Crippen molar-refractivity contribution in [2.24, 2.45) is 5.92 Å². The maximum Gasteiger partial charge on any atom is 0.338 e. The highest BCUT2D eigenvalue weighted by Gasteiger charge is 2.15. The summed E-state index contributed by atoms with van der Waals surface area (Å²) in [6.07, 6.45) is 2.47. The van der Waals surface area contributed by atoms with Gasteiger partial charge in [-0.25, -0.2) is 9.59 Å². The molecule has 1 aromatic rings. The van der Waals surface area contributed by atoms with Crippen LogP contribution in [0.3, 0.4) is 0 Å². The number of carbonyl (C=O) groups excluding carboxylic acids is 2. The lowest BCUT2D eigenvalue weighted by Crippen LogP contribution is -2.40. The minimum absolute atomic E-state index is 0.247. The molecular formula is C15H23N3O3S. The number of ether oxygens (including phenoxy) is 1. The highest BCUT2D eigenvalue weighted by atomic mass is 32.1. The molecule has 0 aliphatic carbocycles. The van der Waals surface area contributed by atoms with Crippen LogP contribution in [0.4, 0.5) is 9.80 Å². The van der Waals surface area contributed by atoms with Gasteiger partial charge in [0.1, 0.15) is 0 Å². The van der Waals surface area contributed by atoms with Gasteiger partial charge in [0.05, 0.1) is 17.7 Å². The largest absolute Gasteiger partial charge is 0.465 e. The average molecular weight is 325 g/mol. The van der Waals surface area contributed by atoms with Crippen LogP contribution in [0.1, 0.15) is 30.1 Å². The van der Waals surface area contributed by atoms with E-state index in [1.54, 1.807) is 11.4 Å². The van der Waals surface area contributed by atoms with Gasteiger partial charge < -0.3 is 15.0 Å². The molecule has 0 saturated carbocycles. The zero-order valence-electron chi connectivity index (χ0n) is 13.1. The Kier molecular flexibility index (Phi) is 6.21. The summed E-state index contributed by atoms with van der Waals surface area (Å²) in [4.78, 5) is 25.5. The molecule has 0 aromatic carbocycles. The molecule has 1 aliphatic rings. The van der Waals surface area contributed by atoms with E-state index >= 15 is 0 Å². The Morgan fingerprint density at radius 3 is 2.82 bits per heavy atom. The zero-order valence-corrected chi connectivity index (χ0v) is 13.9. The Hall–Kier alpha value is -1.60. The number of piperidine rings is 1. The number of likely N-dealkylation sites (tertiary alicyclic amines) is 1. The second kappa shape index (κ2) is 8.14. The third-order valence-electron chi connectivity index (χ3n) is 3.85. The van der Waals surface area contributed by atoms with Gasteiger partial charge in [-0.05, 0) is 37.9 Å². The van der Waals surface area contributed by atoms with Gasteiger partial charge in [-0.2, -0.15) is 0 Å². The van der Waals surface area contributed by atoms with Crippen LogP contribution >= 0.6 is 11.3 Å². The maximum atomic E-state index is 11.8. The molecule has 6 nitrogen and oxygen atoms in total. The standard InChI is InChI=1S/C15H23N3O3S/c1-11-3-6-18(7-4-11)8-5-16-15(20)17-13-9-12(10-22-13)14(19)21-2/h9-11H,3-8H2,1-2H3,(H2,16,17,20). The van der Waals surface area contributed by atoms with E-state index in [-0.39, 0.29) is 6.03 Å². The van der Waals surface area contributed by atoms with Crippen LogP contribution in [-0.4, -0.2) is 50.2 Å². The molecule has 2 rings (SSSR count). The number of thiophene rings is 1. The van der Waals surface area contributed by atoms with Gasteiger partial charge in [0, 0.05) is 18.5 Å². The predicted octanol–water partition coefficient (Wildman–Crippen LogP) is 2.39.